The molecule has 1 heterocycles. The normalized spacial score (nSPS) is 11.1. The first-order chi connectivity index (χ1) is 12.9. The minimum Gasteiger partial charge on any atom is -0.459 e. The summed E-state index contributed by atoms with van der Waals surface area (Å²) in [6.45, 7) is 1.69. The predicted molar refractivity (Wildman–Crippen MR) is 95.8 cm³/mol. The number of nitrogens with one attached hydrogen (secondary N) is 1. The first-order valence-electron chi connectivity index (χ1n) is 8.20. The molecule has 0 unspecified atom stereocenters. The lowest BCUT2D eigenvalue weighted by Gasteiger charge is -2.21. The minimum atomic E-state index is -1.03. The van der Waals surface area contributed by atoms with Crippen molar-refractivity contribution in [2.75, 3.05) is 18.9 Å². The summed E-state index contributed by atoms with van der Waals surface area (Å²) >= 11 is 0. The summed E-state index contributed by atoms with van der Waals surface area (Å²) in [6, 6.07) is 11.3. The lowest BCUT2D eigenvalue weighted by Crippen LogP contribution is -2.38. The molecule has 1 aromatic carbocycles. The molecule has 0 radical (unpaired) electrons. The van der Waals surface area contributed by atoms with E-state index < -0.39 is 23.9 Å². The zero-order valence-corrected chi connectivity index (χ0v) is 15.0. The van der Waals surface area contributed by atoms with Crippen LogP contribution in [-0.4, -0.2) is 42.4 Å². The third-order valence-electron chi connectivity index (χ3n) is 3.71. The molecular weight excluding hydrogens is 350 g/mol. The van der Waals surface area contributed by atoms with Crippen LogP contribution < -0.4 is 5.32 Å². The summed E-state index contributed by atoms with van der Waals surface area (Å²) < 4.78 is 10.2. The quantitative estimate of drug-likeness (QED) is 0.750. The van der Waals surface area contributed by atoms with Crippen molar-refractivity contribution in [1.29, 1.82) is 5.26 Å². The Bertz CT molecular complexity index is 854. The molecule has 2 aromatic rings. The molecule has 0 aliphatic heterocycles. The number of para-hydroxylation sites is 1. The van der Waals surface area contributed by atoms with Crippen LogP contribution in [0.25, 0.3) is 0 Å². The van der Waals surface area contributed by atoms with Gasteiger partial charge < -0.3 is 19.4 Å². The molecule has 0 aliphatic carbocycles. The van der Waals surface area contributed by atoms with Crippen molar-refractivity contribution in [2.45, 2.75) is 19.4 Å². The molecule has 8 heteroatoms. The number of rotatable bonds is 7. The second-order valence-electron chi connectivity index (χ2n) is 5.69. The van der Waals surface area contributed by atoms with Crippen molar-refractivity contribution >= 4 is 23.5 Å². The topological polar surface area (TPSA) is 113 Å². The Morgan fingerprint density at radius 2 is 2.00 bits per heavy atom. The van der Waals surface area contributed by atoms with Crippen LogP contribution in [0.5, 0.6) is 0 Å². The number of nitriles is 1. The van der Waals surface area contributed by atoms with Crippen LogP contribution >= 0.6 is 0 Å². The van der Waals surface area contributed by atoms with Crippen molar-refractivity contribution in [3.05, 3.63) is 54.0 Å². The molecule has 2 rings (SSSR count). The van der Waals surface area contributed by atoms with Crippen LogP contribution in [0.15, 0.2) is 47.1 Å². The molecule has 0 aliphatic rings. The van der Waals surface area contributed by atoms with Gasteiger partial charge in [-0.05, 0) is 31.2 Å². The standard InChI is InChI=1S/C19H19N3O5/c1-13(18(24)22(2)11-6-10-20)27-19(25)14-7-3-4-8-15(14)21-17(23)16-9-5-12-26-16/h3-5,7-9,12-13H,6,11H2,1-2H3,(H,21,23)/t13-/m0/s1. The molecule has 0 saturated carbocycles. The van der Waals surface area contributed by atoms with Crippen molar-refractivity contribution in [2.24, 2.45) is 0 Å². The maximum atomic E-state index is 12.5. The van der Waals surface area contributed by atoms with Crippen LogP contribution in [-0.2, 0) is 9.53 Å². The van der Waals surface area contributed by atoms with E-state index >= 15 is 0 Å². The van der Waals surface area contributed by atoms with Gasteiger partial charge in [0.2, 0.25) is 0 Å². The highest BCUT2D eigenvalue weighted by atomic mass is 16.5. The number of benzene rings is 1. The van der Waals surface area contributed by atoms with Crippen molar-refractivity contribution in [1.82, 2.24) is 4.90 Å². The van der Waals surface area contributed by atoms with Crippen LogP contribution in [0.4, 0.5) is 5.69 Å². The highest BCUT2D eigenvalue weighted by Crippen LogP contribution is 2.18. The summed E-state index contributed by atoms with van der Waals surface area (Å²) in [4.78, 5) is 38.1. The highest BCUT2D eigenvalue weighted by molar-refractivity contribution is 6.06. The smallest absolute Gasteiger partial charge is 0.341 e. The number of amides is 2. The van der Waals surface area contributed by atoms with E-state index in [0.29, 0.717) is 0 Å². The molecule has 140 valence electrons. The van der Waals surface area contributed by atoms with E-state index in [0.717, 1.165) is 0 Å². The first-order valence-corrected chi connectivity index (χ1v) is 8.20. The number of carbonyl (C=O) groups excluding carboxylic acids is 3. The Hall–Kier alpha value is -3.60. The summed E-state index contributed by atoms with van der Waals surface area (Å²) in [5.74, 6) is -1.59. The first kappa shape index (κ1) is 19.7. The average molecular weight is 369 g/mol. The van der Waals surface area contributed by atoms with E-state index in [2.05, 4.69) is 5.32 Å². The number of ether oxygens (including phenoxy) is 1. The van der Waals surface area contributed by atoms with E-state index in [9.17, 15) is 14.4 Å². The van der Waals surface area contributed by atoms with Gasteiger partial charge in [0.05, 0.1) is 30.0 Å². The summed E-state index contributed by atoms with van der Waals surface area (Å²) in [6.07, 6.45) is 0.519. The molecule has 27 heavy (non-hydrogen) atoms. The fraction of sp³-hybridized carbons (Fsp3) is 0.263. The third-order valence-corrected chi connectivity index (χ3v) is 3.71. The Labute approximate surface area is 156 Å². The van der Waals surface area contributed by atoms with Gasteiger partial charge in [0.1, 0.15) is 0 Å². The fourth-order valence-electron chi connectivity index (χ4n) is 2.27. The molecule has 1 N–H and O–H groups in total. The number of nitrogens with zero attached hydrogens (tertiary/aromatic N) is 2. The van der Waals surface area contributed by atoms with Gasteiger partial charge in [0.15, 0.2) is 11.9 Å². The van der Waals surface area contributed by atoms with Crippen molar-refractivity contribution in [3.8, 4) is 6.07 Å². The maximum absolute atomic E-state index is 12.5. The van der Waals surface area contributed by atoms with Crippen LogP contribution in [0.1, 0.15) is 34.3 Å². The van der Waals surface area contributed by atoms with E-state index in [-0.39, 0.29) is 30.0 Å². The number of carbonyl (C=O) groups is 3. The van der Waals surface area contributed by atoms with E-state index in [1.54, 1.807) is 24.3 Å². The zero-order valence-electron chi connectivity index (χ0n) is 15.0. The Kier molecular flexibility index (Phi) is 6.72. The van der Waals surface area contributed by atoms with E-state index in [1.165, 1.54) is 37.3 Å². The summed E-state index contributed by atoms with van der Waals surface area (Å²) in [5.41, 5.74) is 0.345. The Balaban J connectivity index is 2.07. The molecule has 8 nitrogen and oxygen atoms in total. The Morgan fingerprint density at radius 1 is 1.26 bits per heavy atom. The van der Waals surface area contributed by atoms with Gasteiger partial charge in [-0.1, -0.05) is 12.1 Å². The number of anilines is 1. The molecule has 1 aromatic heterocycles. The van der Waals surface area contributed by atoms with Gasteiger partial charge >= 0.3 is 5.97 Å². The number of hydrogen-bond acceptors (Lipinski definition) is 6. The van der Waals surface area contributed by atoms with Gasteiger partial charge in [-0.25, -0.2) is 4.79 Å². The number of esters is 1. The van der Waals surface area contributed by atoms with Crippen molar-refractivity contribution in [3.63, 3.8) is 0 Å². The largest absolute Gasteiger partial charge is 0.459 e. The minimum absolute atomic E-state index is 0.0980. The summed E-state index contributed by atoms with van der Waals surface area (Å²) in [5, 5.41) is 11.2. The highest BCUT2D eigenvalue weighted by Gasteiger charge is 2.24. The third kappa shape index (κ3) is 5.19. The zero-order chi connectivity index (χ0) is 19.8. The predicted octanol–water partition coefficient (Wildman–Crippen LogP) is 2.45. The van der Waals surface area contributed by atoms with Gasteiger partial charge in [-0.15, -0.1) is 0 Å². The monoisotopic (exact) mass is 369 g/mol. The second-order valence-corrected chi connectivity index (χ2v) is 5.69. The maximum Gasteiger partial charge on any atom is 0.341 e. The van der Waals surface area contributed by atoms with Crippen LogP contribution in [0.2, 0.25) is 0 Å². The molecule has 0 spiro atoms. The number of likely N-dealkylation sites (N-methyl/N-ethyl adjacent to an activating group) is 1. The molecule has 0 saturated heterocycles. The average Bonchev–Trinajstić information content (AvgIpc) is 3.20. The lowest BCUT2D eigenvalue weighted by molar-refractivity contribution is -0.138. The van der Waals surface area contributed by atoms with Crippen molar-refractivity contribution < 1.29 is 23.5 Å². The van der Waals surface area contributed by atoms with Gasteiger partial charge in [-0.2, -0.15) is 5.26 Å². The summed E-state index contributed by atoms with van der Waals surface area (Å²) in [7, 11) is 1.53. The lowest BCUT2D eigenvalue weighted by atomic mass is 10.1. The molecule has 1 atom stereocenters. The molecule has 2 amide bonds. The second kappa shape index (κ2) is 9.20. The van der Waals surface area contributed by atoms with Gasteiger partial charge in [0.25, 0.3) is 11.8 Å². The SMILES string of the molecule is C[C@H](OC(=O)c1ccccc1NC(=O)c1ccco1)C(=O)N(C)CCC#N. The molecule has 0 bridgehead atoms. The molecule has 0 fully saturated rings. The van der Waals surface area contributed by atoms with E-state index in [4.69, 9.17) is 14.4 Å². The fourth-order valence-corrected chi connectivity index (χ4v) is 2.27. The van der Waals surface area contributed by atoms with E-state index in [1.807, 2.05) is 6.07 Å². The number of hydrogen-bond donors (Lipinski definition) is 1. The van der Waals surface area contributed by atoms with Crippen LogP contribution in [0, 0.1) is 11.3 Å². The van der Waals surface area contributed by atoms with Gasteiger partial charge in [-0.3, -0.25) is 9.59 Å². The Morgan fingerprint density at radius 3 is 2.67 bits per heavy atom. The molecular formula is C19H19N3O5. The van der Waals surface area contributed by atoms with Gasteiger partial charge in [0, 0.05) is 13.6 Å². The van der Waals surface area contributed by atoms with Crippen LogP contribution in [0.3, 0.4) is 0 Å². The number of furan rings is 1.